The summed E-state index contributed by atoms with van der Waals surface area (Å²) in [5, 5.41) is 13.3. The zero-order chi connectivity index (χ0) is 20.9. The van der Waals surface area contributed by atoms with E-state index in [-0.39, 0.29) is 11.9 Å². The number of hydrogen-bond acceptors (Lipinski definition) is 9. The lowest BCUT2D eigenvalue weighted by Gasteiger charge is -2.33. The Bertz CT molecular complexity index is 998. The fraction of sp³-hybridized carbons (Fsp3) is 0.300. The first-order valence-corrected chi connectivity index (χ1v) is 9.57. The van der Waals surface area contributed by atoms with Gasteiger partial charge in [-0.15, -0.1) is 5.10 Å². The highest BCUT2D eigenvalue weighted by molar-refractivity contribution is 6.00. The smallest absolute Gasteiger partial charge is 0.320 e. The normalized spacial score (nSPS) is 14.4. The summed E-state index contributed by atoms with van der Waals surface area (Å²) in [5.74, 6) is 0.843. The molecule has 3 aromatic rings. The fourth-order valence-electron chi connectivity index (χ4n) is 3.10. The maximum atomic E-state index is 12.4. The summed E-state index contributed by atoms with van der Waals surface area (Å²) in [6.07, 6.45) is 1.62. The van der Waals surface area contributed by atoms with Gasteiger partial charge in [-0.2, -0.15) is 0 Å². The van der Waals surface area contributed by atoms with Gasteiger partial charge in [0.05, 0.1) is 24.7 Å². The molecule has 3 heterocycles. The number of nitrogens with one attached hydrogen (secondary N) is 2. The van der Waals surface area contributed by atoms with Crippen LogP contribution in [0.15, 0.2) is 47.0 Å². The van der Waals surface area contributed by atoms with Gasteiger partial charge in [0.2, 0.25) is 0 Å². The molecule has 1 saturated heterocycles. The van der Waals surface area contributed by atoms with Gasteiger partial charge in [0.25, 0.3) is 0 Å². The van der Waals surface area contributed by atoms with Crippen molar-refractivity contribution in [3.8, 4) is 5.75 Å². The number of likely N-dealkylation sites (N-methyl/N-ethyl adjacent to an activating group) is 1. The summed E-state index contributed by atoms with van der Waals surface area (Å²) in [6.45, 7) is 3.86. The minimum Gasteiger partial charge on any atom is -0.495 e. The molecule has 0 aliphatic carbocycles. The molecule has 2 aromatic heterocycles. The highest BCUT2D eigenvalue weighted by Crippen LogP contribution is 2.26. The van der Waals surface area contributed by atoms with Crippen molar-refractivity contribution in [2.24, 2.45) is 0 Å². The highest BCUT2D eigenvalue weighted by atomic mass is 16.5. The van der Waals surface area contributed by atoms with Crippen molar-refractivity contribution in [1.29, 1.82) is 0 Å². The third kappa shape index (κ3) is 4.49. The Hall–Kier alpha value is -3.66. The first-order chi connectivity index (χ1) is 14.6. The van der Waals surface area contributed by atoms with Crippen molar-refractivity contribution >= 4 is 29.1 Å². The van der Waals surface area contributed by atoms with Crippen LogP contribution < -0.4 is 20.3 Å². The van der Waals surface area contributed by atoms with E-state index >= 15 is 0 Å². The number of hydrogen-bond donors (Lipinski definition) is 2. The van der Waals surface area contributed by atoms with Crippen molar-refractivity contribution in [3.63, 3.8) is 0 Å². The maximum absolute atomic E-state index is 12.4. The molecule has 1 amide bonds. The van der Waals surface area contributed by atoms with E-state index in [1.807, 2.05) is 24.3 Å². The second kappa shape index (κ2) is 8.78. The van der Waals surface area contributed by atoms with Crippen molar-refractivity contribution in [1.82, 2.24) is 20.1 Å². The Balaban J connectivity index is 1.37. The van der Waals surface area contributed by atoms with Gasteiger partial charge in [0.1, 0.15) is 11.6 Å². The molecule has 1 aliphatic rings. The largest absolute Gasteiger partial charge is 0.495 e. The van der Waals surface area contributed by atoms with Crippen LogP contribution in [0.25, 0.3) is 0 Å². The minimum atomic E-state index is -0.510. The van der Waals surface area contributed by atoms with Crippen molar-refractivity contribution in [3.05, 3.63) is 48.5 Å². The number of methoxy groups -OCH3 is 1. The Labute approximate surface area is 173 Å². The lowest BCUT2D eigenvalue weighted by molar-refractivity contribution is 0.0991. The third-order valence-corrected chi connectivity index (χ3v) is 4.80. The number of carbonyl (C=O) groups is 1. The molecule has 2 N–H and O–H groups in total. The molecule has 10 heteroatoms. The Kier molecular flexibility index (Phi) is 5.75. The number of amides is 1. The lowest BCUT2D eigenvalue weighted by Crippen LogP contribution is -2.44. The summed E-state index contributed by atoms with van der Waals surface area (Å²) in [7, 11) is 3.68. The maximum Gasteiger partial charge on any atom is 0.320 e. The number of nitrogens with zero attached hydrogens (tertiary/aromatic N) is 5. The van der Waals surface area contributed by atoms with Crippen molar-refractivity contribution < 1.29 is 13.9 Å². The Morgan fingerprint density at radius 1 is 1.10 bits per heavy atom. The molecule has 1 aliphatic heterocycles. The van der Waals surface area contributed by atoms with Gasteiger partial charge < -0.3 is 29.6 Å². The zero-order valence-corrected chi connectivity index (χ0v) is 16.8. The first-order valence-electron chi connectivity index (χ1n) is 9.57. The van der Waals surface area contributed by atoms with Crippen molar-refractivity contribution in [2.45, 2.75) is 0 Å². The van der Waals surface area contributed by atoms with E-state index < -0.39 is 5.91 Å². The van der Waals surface area contributed by atoms with E-state index in [0.717, 1.165) is 32.0 Å². The molecule has 0 atom stereocenters. The molecule has 0 spiro atoms. The van der Waals surface area contributed by atoms with Crippen LogP contribution in [0.3, 0.4) is 0 Å². The van der Waals surface area contributed by atoms with Gasteiger partial charge in [-0.1, -0.05) is 17.2 Å². The Morgan fingerprint density at radius 2 is 1.90 bits per heavy atom. The van der Waals surface area contributed by atoms with Crippen LogP contribution in [0, 0.1) is 0 Å². The van der Waals surface area contributed by atoms with E-state index in [1.54, 1.807) is 25.4 Å². The van der Waals surface area contributed by atoms with Crippen LogP contribution in [0.4, 0.5) is 23.2 Å². The second-order valence-corrected chi connectivity index (χ2v) is 6.89. The summed E-state index contributed by atoms with van der Waals surface area (Å²) >= 11 is 0. The average Bonchev–Trinajstić information content (AvgIpc) is 3.24. The van der Waals surface area contributed by atoms with Gasteiger partial charge >= 0.3 is 17.8 Å². The summed E-state index contributed by atoms with van der Waals surface area (Å²) in [5.41, 5.74) is 1.20. The number of ether oxygens (including phenoxy) is 1. The molecule has 0 saturated carbocycles. The average molecular weight is 409 g/mol. The molecule has 156 valence electrons. The quantitative estimate of drug-likeness (QED) is 0.633. The predicted octanol–water partition coefficient (Wildman–Crippen LogP) is 2.22. The van der Waals surface area contributed by atoms with E-state index in [9.17, 15) is 4.79 Å². The van der Waals surface area contributed by atoms with Gasteiger partial charge in [-0.3, -0.25) is 4.79 Å². The number of anilines is 4. The van der Waals surface area contributed by atoms with Crippen LogP contribution in [0.1, 0.15) is 10.7 Å². The van der Waals surface area contributed by atoms with E-state index in [4.69, 9.17) is 9.15 Å². The van der Waals surface area contributed by atoms with Gasteiger partial charge in [-0.25, -0.2) is 4.98 Å². The summed E-state index contributed by atoms with van der Waals surface area (Å²) in [4.78, 5) is 21.4. The number of para-hydroxylation sites is 2. The van der Waals surface area contributed by atoms with Crippen LogP contribution in [0.5, 0.6) is 5.75 Å². The van der Waals surface area contributed by atoms with Crippen molar-refractivity contribution in [2.75, 3.05) is 55.9 Å². The van der Waals surface area contributed by atoms with E-state index in [2.05, 4.69) is 42.7 Å². The number of carbonyl (C=O) groups excluding carboxylic acids is 1. The molecule has 1 aromatic carbocycles. The van der Waals surface area contributed by atoms with Crippen LogP contribution in [0.2, 0.25) is 0 Å². The second-order valence-electron chi connectivity index (χ2n) is 6.89. The molecular formula is C20H23N7O3. The summed E-state index contributed by atoms with van der Waals surface area (Å²) in [6, 6.07) is 11.1. The molecule has 0 bridgehead atoms. The van der Waals surface area contributed by atoms with Gasteiger partial charge in [0, 0.05) is 26.2 Å². The monoisotopic (exact) mass is 409 g/mol. The number of benzene rings is 1. The highest BCUT2D eigenvalue weighted by Gasteiger charge is 2.18. The standard InChI is InChI=1S/C20H23N7O3/c1-26-9-11-27(12-10-26)17-8-7-14(13-21-17)22-18(28)19-24-25-20(30-19)23-15-5-3-4-6-16(15)29-2/h3-8,13H,9-12H2,1-2H3,(H,22,28)(H,23,25). The third-order valence-electron chi connectivity index (χ3n) is 4.80. The number of aromatic nitrogens is 3. The molecule has 10 nitrogen and oxygen atoms in total. The SMILES string of the molecule is COc1ccccc1Nc1nnc(C(=O)Nc2ccc(N3CCN(C)CC3)nc2)o1. The van der Waals surface area contributed by atoms with Crippen LogP contribution in [-0.4, -0.2) is 66.3 Å². The predicted molar refractivity (Wildman–Crippen MR) is 112 cm³/mol. The summed E-state index contributed by atoms with van der Waals surface area (Å²) < 4.78 is 10.7. The fourth-order valence-corrected chi connectivity index (χ4v) is 3.10. The Morgan fingerprint density at radius 3 is 2.63 bits per heavy atom. The van der Waals surface area contributed by atoms with Gasteiger partial charge in [0.15, 0.2) is 0 Å². The molecule has 1 fully saturated rings. The molecule has 4 rings (SSSR count). The topological polar surface area (TPSA) is 109 Å². The molecule has 0 radical (unpaired) electrons. The van der Waals surface area contributed by atoms with Gasteiger partial charge in [-0.05, 0) is 31.3 Å². The van der Waals surface area contributed by atoms with Crippen LogP contribution >= 0.6 is 0 Å². The lowest BCUT2D eigenvalue weighted by atomic mass is 10.3. The van der Waals surface area contributed by atoms with E-state index in [1.165, 1.54) is 0 Å². The number of pyridine rings is 1. The molecular weight excluding hydrogens is 386 g/mol. The van der Waals surface area contributed by atoms with Crippen LogP contribution in [-0.2, 0) is 0 Å². The zero-order valence-electron chi connectivity index (χ0n) is 16.8. The first kappa shape index (κ1) is 19.6. The minimum absolute atomic E-state index is 0.0909. The molecule has 0 unspecified atom stereocenters. The van der Waals surface area contributed by atoms with E-state index in [0.29, 0.717) is 17.1 Å². The molecule has 30 heavy (non-hydrogen) atoms. The number of rotatable bonds is 6. The number of piperazine rings is 1.